The lowest BCUT2D eigenvalue weighted by atomic mass is 10.2. The van der Waals surface area contributed by atoms with E-state index in [1.165, 1.54) is 12.4 Å². The number of aldehydes is 1. The number of carbonyl (C=O) groups excluding carboxylic acids is 2. The third-order valence-corrected chi connectivity index (χ3v) is 2.07. The fraction of sp³-hybridized carbons (Fsp3) is 0. The van der Waals surface area contributed by atoms with E-state index >= 15 is 0 Å². The second kappa shape index (κ2) is 4.39. The van der Waals surface area contributed by atoms with E-state index in [1.807, 2.05) is 0 Å². The van der Waals surface area contributed by atoms with Gasteiger partial charge in [-0.1, -0.05) is 0 Å². The summed E-state index contributed by atoms with van der Waals surface area (Å²) in [5.74, 6) is -0.243. The fourth-order valence-electron chi connectivity index (χ4n) is 1.22. The lowest BCUT2D eigenvalue weighted by Crippen LogP contribution is -2.10. The van der Waals surface area contributed by atoms with Gasteiger partial charge >= 0.3 is 0 Å². The number of nitrogens with one attached hydrogen (secondary N) is 2. The van der Waals surface area contributed by atoms with Crippen LogP contribution in [-0.2, 0) is 0 Å². The Hall–Kier alpha value is -2.43. The fourth-order valence-corrected chi connectivity index (χ4v) is 1.22. The van der Waals surface area contributed by atoms with Crippen molar-refractivity contribution in [2.45, 2.75) is 0 Å². The highest BCUT2D eigenvalue weighted by Crippen LogP contribution is 2.09. The zero-order valence-corrected chi connectivity index (χ0v) is 8.31. The monoisotopic (exact) mass is 215 g/mol. The number of hydrogen-bond acceptors (Lipinski definition) is 3. The third kappa shape index (κ3) is 2.14. The van der Waals surface area contributed by atoms with Crippen molar-refractivity contribution in [1.29, 1.82) is 0 Å². The van der Waals surface area contributed by atoms with Gasteiger partial charge in [0.1, 0.15) is 6.29 Å². The molecule has 0 saturated heterocycles. The molecule has 1 aromatic carbocycles. The van der Waals surface area contributed by atoms with Gasteiger partial charge < -0.3 is 5.32 Å². The van der Waals surface area contributed by atoms with Gasteiger partial charge in [0.2, 0.25) is 0 Å². The van der Waals surface area contributed by atoms with Crippen LogP contribution >= 0.6 is 0 Å². The molecule has 16 heavy (non-hydrogen) atoms. The molecule has 5 heteroatoms. The number of amides is 1. The predicted octanol–water partition coefficient (Wildman–Crippen LogP) is 1.47. The molecule has 2 rings (SSSR count). The lowest BCUT2D eigenvalue weighted by Gasteiger charge is -2.02. The lowest BCUT2D eigenvalue weighted by molar-refractivity contribution is 0.102. The number of benzene rings is 1. The first-order valence-corrected chi connectivity index (χ1v) is 4.65. The largest absolute Gasteiger partial charge is 0.322 e. The highest BCUT2D eigenvalue weighted by Gasteiger charge is 2.06. The summed E-state index contributed by atoms with van der Waals surface area (Å²) in [4.78, 5) is 22.0. The number of nitrogens with zero attached hydrogens (tertiary/aromatic N) is 1. The van der Waals surface area contributed by atoms with Crippen LogP contribution in [0, 0.1) is 0 Å². The Kier molecular flexibility index (Phi) is 2.77. The van der Waals surface area contributed by atoms with Crippen LogP contribution in [0.3, 0.4) is 0 Å². The molecule has 0 fully saturated rings. The maximum atomic E-state index is 11.6. The molecule has 1 amide bonds. The average molecular weight is 215 g/mol. The number of aromatic nitrogens is 2. The zero-order chi connectivity index (χ0) is 11.4. The van der Waals surface area contributed by atoms with Crippen molar-refractivity contribution < 1.29 is 9.59 Å². The number of H-pyrrole nitrogens is 1. The molecule has 80 valence electrons. The summed E-state index contributed by atoms with van der Waals surface area (Å²) in [5, 5.41) is 8.92. The number of aromatic amines is 1. The van der Waals surface area contributed by atoms with Crippen LogP contribution in [0.2, 0.25) is 0 Å². The molecule has 0 aliphatic carbocycles. The minimum Gasteiger partial charge on any atom is -0.322 e. The normalized spacial score (nSPS) is 9.75. The first-order chi connectivity index (χ1) is 7.79. The van der Waals surface area contributed by atoms with E-state index in [1.54, 1.807) is 24.3 Å². The quantitative estimate of drug-likeness (QED) is 0.761. The van der Waals surface area contributed by atoms with E-state index in [0.29, 0.717) is 16.8 Å². The van der Waals surface area contributed by atoms with Gasteiger partial charge in [-0.05, 0) is 24.3 Å². The Labute approximate surface area is 91.5 Å². The van der Waals surface area contributed by atoms with E-state index in [2.05, 4.69) is 15.5 Å². The standard InChI is InChI=1S/C11H9N3O2/c15-7-8-1-3-10(4-2-8)14-11(16)9-5-12-13-6-9/h1-7H,(H,12,13)(H,14,16). The predicted molar refractivity (Wildman–Crippen MR) is 58.4 cm³/mol. The first-order valence-electron chi connectivity index (χ1n) is 4.65. The molecule has 1 aromatic heterocycles. The Morgan fingerprint density at radius 3 is 2.62 bits per heavy atom. The van der Waals surface area contributed by atoms with Crippen LogP contribution in [0.25, 0.3) is 0 Å². The second-order valence-corrected chi connectivity index (χ2v) is 3.18. The molecule has 0 saturated carbocycles. The Morgan fingerprint density at radius 2 is 2.06 bits per heavy atom. The Balaban J connectivity index is 2.09. The van der Waals surface area contributed by atoms with Crippen LogP contribution in [0.15, 0.2) is 36.7 Å². The van der Waals surface area contributed by atoms with Gasteiger partial charge in [0, 0.05) is 17.4 Å². The molecule has 0 bridgehead atoms. The van der Waals surface area contributed by atoms with E-state index in [0.717, 1.165) is 6.29 Å². The molecule has 0 atom stereocenters. The van der Waals surface area contributed by atoms with Crippen molar-refractivity contribution in [2.75, 3.05) is 5.32 Å². The summed E-state index contributed by atoms with van der Waals surface area (Å²) < 4.78 is 0. The maximum absolute atomic E-state index is 11.6. The minimum absolute atomic E-state index is 0.243. The van der Waals surface area contributed by atoms with Gasteiger partial charge in [-0.15, -0.1) is 0 Å². The molecule has 0 radical (unpaired) electrons. The van der Waals surface area contributed by atoms with Crippen molar-refractivity contribution in [3.05, 3.63) is 47.8 Å². The highest BCUT2D eigenvalue weighted by atomic mass is 16.1. The summed E-state index contributed by atoms with van der Waals surface area (Å²) in [5.41, 5.74) is 1.66. The minimum atomic E-state index is -0.243. The average Bonchev–Trinajstić information content (AvgIpc) is 2.83. The van der Waals surface area contributed by atoms with Gasteiger partial charge in [0.25, 0.3) is 5.91 Å². The summed E-state index contributed by atoms with van der Waals surface area (Å²) in [7, 11) is 0. The summed E-state index contributed by atoms with van der Waals surface area (Å²) in [6.45, 7) is 0. The van der Waals surface area contributed by atoms with Gasteiger partial charge in [0.15, 0.2) is 0 Å². The maximum Gasteiger partial charge on any atom is 0.258 e. The van der Waals surface area contributed by atoms with Crippen LogP contribution in [0.5, 0.6) is 0 Å². The third-order valence-electron chi connectivity index (χ3n) is 2.07. The van der Waals surface area contributed by atoms with E-state index in [4.69, 9.17) is 0 Å². The van der Waals surface area contributed by atoms with Crippen LogP contribution in [-0.4, -0.2) is 22.4 Å². The van der Waals surface area contributed by atoms with E-state index < -0.39 is 0 Å². The molecular weight excluding hydrogens is 206 g/mol. The first kappa shape index (κ1) is 10.1. The van der Waals surface area contributed by atoms with Gasteiger partial charge in [-0.2, -0.15) is 5.10 Å². The topological polar surface area (TPSA) is 74.8 Å². The highest BCUT2D eigenvalue weighted by molar-refractivity contribution is 6.03. The summed E-state index contributed by atoms with van der Waals surface area (Å²) in [6, 6.07) is 6.61. The Bertz CT molecular complexity index is 488. The van der Waals surface area contributed by atoms with Gasteiger partial charge in [-0.3, -0.25) is 14.7 Å². The van der Waals surface area contributed by atoms with Crippen LogP contribution < -0.4 is 5.32 Å². The molecule has 5 nitrogen and oxygen atoms in total. The summed E-state index contributed by atoms with van der Waals surface area (Å²) >= 11 is 0. The molecule has 0 spiro atoms. The molecule has 0 aliphatic rings. The van der Waals surface area contributed by atoms with E-state index in [-0.39, 0.29) is 5.91 Å². The molecule has 1 heterocycles. The smallest absolute Gasteiger partial charge is 0.258 e. The number of anilines is 1. The molecular formula is C11H9N3O2. The van der Waals surface area contributed by atoms with Crippen molar-refractivity contribution in [3.63, 3.8) is 0 Å². The number of rotatable bonds is 3. The molecule has 0 unspecified atom stereocenters. The van der Waals surface area contributed by atoms with Crippen molar-refractivity contribution in [2.24, 2.45) is 0 Å². The number of carbonyl (C=O) groups is 2. The van der Waals surface area contributed by atoms with Gasteiger partial charge in [0.05, 0.1) is 11.8 Å². The number of hydrogen-bond donors (Lipinski definition) is 2. The second-order valence-electron chi connectivity index (χ2n) is 3.18. The molecule has 2 aromatic rings. The molecule has 2 N–H and O–H groups in total. The zero-order valence-electron chi connectivity index (χ0n) is 8.31. The van der Waals surface area contributed by atoms with Crippen LogP contribution in [0.1, 0.15) is 20.7 Å². The van der Waals surface area contributed by atoms with Crippen LogP contribution in [0.4, 0.5) is 5.69 Å². The summed E-state index contributed by atoms with van der Waals surface area (Å²) in [6.07, 6.45) is 3.70. The van der Waals surface area contributed by atoms with E-state index in [9.17, 15) is 9.59 Å². The van der Waals surface area contributed by atoms with Crippen molar-refractivity contribution >= 4 is 17.9 Å². The van der Waals surface area contributed by atoms with Crippen molar-refractivity contribution in [3.8, 4) is 0 Å². The Morgan fingerprint density at radius 1 is 1.31 bits per heavy atom. The van der Waals surface area contributed by atoms with Crippen molar-refractivity contribution in [1.82, 2.24) is 10.2 Å². The van der Waals surface area contributed by atoms with Gasteiger partial charge in [-0.25, -0.2) is 0 Å². The molecule has 0 aliphatic heterocycles. The SMILES string of the molecule is O=Cc1ccc(NC(=O)c2cn[nH]c2)cc1.